The summed E-state index contributed by atoms with van der Waals surface area (Å²) in [6.07, 6.45) is 1.18. The minimum atomic E-state index is -3.67. The number of carbonyl (C=O) groups is 2. The van der Waals surface area contributed by atoms with Crippen LogP contribution in [-0.4, -0.2) is 55.4 Å². The van der Waals surface area contributed by atoms with E-state index in [1.54, 1.807) is 30.3 Å². The number of fused-ring (bicyclic) bond motifs is 1. The molecule has 1 aliphatic heterocycles. The van der Waals surface area contributed by atoms with E-state index in [0.717, 1.165) is 10.2 Å². The predicted octanol–water partition coefficient (Wildman–Crippen LogP) is 3.23. The Morgan fingerprint density at radius 3 is 2.69 bits per heavy atom. The van der Waals surface area contributed by atoms with Crippen LogP contribution >= 0.6 is 11.3 Å². The molecule has 1 aliphatic rings. The first-order chi connectivity index (χ1) is 17.3. The van der Waals surface area contributed by atoms with Crippen molar-refractivity contribution < 1.29 is 22.7 Å². The minimum Gasteiger partial charge on any atom is -0.380 e. The molecule has 36 heavy (non-hydrogen) atoms. The molecule has 1 atom stereocenters. The molecule has 1 aromatic heterocycles. The summed E-state index contributed by atoms with van der Waals surface area (Å²) in [5, 5.41) is 2.78. The fourth-order valence-corrected chi connectivity index (χ4v) is 6.89. The van der Waals surface area contributed by atoms with Crippen LogP contribution in [-0.2, 0) is 30.9 Å². The van der Waals surface area contributed by atoms with Gasteiger partial charge in [0.25, 0.3) is 5.91 Å². The fraction of sp³-hybridized carbons (Fsp3) is 0.400. The molecule has 0 aliphatic carbocycles. The number of carbonyl (C=O) groups excluding carboxylic acids is 2. The van der Waals surface area contributed by atoms with Crippen molar-refractivity contribution >= 4 is 49.1 Å². The van der Waals surface area contributed by atoms with Crippen molar-refractivity contribution in [2.24, 2.45) is 10.9 Å². The largest absolute Gasteiger partial charge is 0.380 e. The van der Waals surface area contributed by atoms with E-state index in [1.165, 1.54) is 22.6 Å². The van der Waals surface area contributed by atoms with Crippen molar-refractivity contribution in [3.8, 4) is 0 Å². The summed E-state index contributed by atoms with van der Waals surface area (Å²) in [6.45, 7) is 5.41. The number of hydrogen-bond acceptors (Lipinski definition) is 6. The first kappa shape index (κ1) is 26.2. The van der Waals surface area contributed by atoms with Gasteiger partial charge in [-0.3, -0.25) is 9.59 Å². The predicted molar refractivity (Wildman–Crippen MR) is 139 cm³/mol. The van der Waals surface area contributed by atoms with E-state index in [0.29, 0.717) is 49.6 Å². The summed E-state index contributed by atoms with van der Waals surface area (Å²) in [6, 6.07) is 13.8. The third-order valence-corrected chi connectivity index (χ3v) is 8.91. The molecule has 11 heteroatoms. The molecule has 1 N–H and O–H groups in total. The zero-order chi connectivity index (χ0) is 25.7. The second kappa shape index (κ2) is 11.5. The molecule has 2 amide bonds. The van der Waals surface area contributed by atoms with E-state index in [1.807, 2.05) is 29.7 Å². The lowest BCUT2D eigenvalue weighted by atomic mass is 9.99. The summed E-state index contributed by atoms with van der Waals surface area (Å²) in [5.41, 5.74) is 1.55. The van der Waals surface area contributed by atoms with Crippen molar-refractivity contribution in [2.45, 2.75) is 38.1 Å². The average molecular weight is 531 g/mol. The molecule has 0 radical (unpaired) electrons. The SMILES string of the molecule is CCOCCn1c(=NC(=O)C2CCCN(S(=O)(=O)c3ccccc3)C2)sc2cc(NC(C)=O)ccc21. The maximum absolute atomic E-state index is 13.3. The molecule has 9 nitrogen and oxygen atoms in total. The van der Waals surface area contributed by atoms with E-state index in [4.69, 9.17) is 4.74 Å². The first-order valence-electron chi connectivity index (χ1n) is 11.9. The summed E-state index contributed by atoms with van der Waals surface area (Å²) in [5.74, 6) is -1.01. The van der Waals surface area contributed by atoms with Crippen LogP contribution in [0.15, 0.2) is 58.4 Å². The highest BCUT2D eigenvalue weighted by atomic mass is 32.2. The van der Waals surface area contributed by atoms with Gasteiger partial charge in [0.1, 0.15) is 0 Å². The van der Waals surface area contributed by atoms with Crippen LogP contribution in [0.2, 0.25) is 0 Å². The second-order valence-corrected chi connectivity index (χ2v) is 11.5. The van der Waals surface area contributed by atoms with E-state index in [-0.39, 0.29) is 23.3 Å². The van der Waals surface area contributed by atoms with E-state index < -0.39 is 15.9 Å². The standard InChI is InChI=1S/C25H30N4O5S2/c1-3-34-15-14-29-22-12-11-20(26-18(2)30)16-23(22)35-25(29)27-24(31)19-8-7-13-28(17-19)36(32,33)21-9-5-4-6-10-21/h4-6,9-12,16,19H,3,7-8,13-15,17H2,1-2H3,(H,26,30). The second-order valence-electron chi connectivity index (χ2n) is 8.56. The molecule has 2 aromatic carbocycles. The Labute approximate surface area is 214 Å². The summed E-state index contributed by atoms with van der Waals surface area (Å²) >= 11 is 1.36. The number of ether oxygens (including phenoxy) is 1. The van der Waals surface area contributed by atoms with Crippen molar-refractivity contribution in [2.75, 3.05) is 31.6 Å². The number of thiazole rings is 1. The lowest BCUT2D eigenvalue weighted by Gasteiger charge is -2.30. The number of benzene rings is 2. The number of hydrogen-bond donors (Lipinski definition) is 1. The lowest BCUT2D eigenvalue weighted by Crippen LogP contribution is -2.42. The van der Waals surface area contributed by atoms with Crippen LogP contribution in [0.4, 0.5) is 5.69 Å². The van der Waals surface area contributed by atoms with E-state index in [2.05, 4.69) is 10.3 Å². The van der Waals surface area contributed by atoms with Gasteiger partial charge in [-0.05, 0) is 50.1 Å². The summed E-state index contributed by atoms with van der Waals surface area (Å²) in [7, 11) is -3.67. The first-order valence-corrected chi connectivity index (χ1v) is 14.2. The fourth-order valence-electron chi connectivity index (χ4n) is 4.25. The zero-order valence-corrected chi connectivity index (χ0v) is 22.0. The van der Waals surface area contributed by atoms with Crippen LogP contribution in [0.25, 0.3) is 10.2 Å². The molecule has 1 saturated heterocycles. The monoisotopic (exact) mass is 530 g/mol. The molecule has 192 valence electrons. The molecule has 0 bridgehead atoms. The highest BCUT2D eigenvalue weighted by molar-refractivity contribution is 7.89. The van der Waals surface area contributed by atoms with Gasteiger partial charge in [-0.25, -0.2) is 8.42 Å². The quantitative estimate of drug-likeness (QED) is 0.450. The van der Waals surface area contributed by atoms with Crippen LogP contribution in [0.1, 0.15) is 26.7 Å². The number of sulfonamides is 1. The minimum absolute atomic E-state index is 0.107. The Kier molecular flexibility index (Phi) is 8.35. The summed E-state index contributed by atoms with van der Waals surface area (Å²) in [4.78, 5) is 29.9. The number of rotatable bonds is 8. The van der Waals surface area contributed by atoms with Crippen molar-refractivity contribution in [3.05, 3.63) is 53.3 Å². The van der Waals surface area contributed by atoms with Gasteiger partial charge in [0.05, 0.1) is 27.6 Å². The van der Waals surface area contributed by atoms with Crippen molar-refractivity contribution in [3.63, 3.8) is 0 Å². The molecule has 1 fully saturated rings. The van der Waals surface area contributed by atoms with Gasteiger partial charge >= 0.3 is 0 Å². The Balaban J connectivity index is 1.63. The smallest absolute Gasteiger partial charge is 0.252 e. The molecule has 1 unspecified atom stereocenters. The Morgan fingerprint density at radius 2 is 1.97 bits per heavy atom. The normalized spacial score (nSPS) is 17.4. The molecule has 0 saturated carbocycles. The third-order valence-electron chi connectivity index (χ3n) is 5.99. The zero-order valence-electron chi connectivity index (χ0n) is 20.3. The number of nitrogens with zero attached hydrogens (tertiary/aromatic N) is 3. The summed E-state index contributed by atoms with van der Waals surface area (Å²) < 4.78 is 35.9. The maximum Gasteiger partial charge on any atom is 0.252 e. The molecule has 3 aromatic rings. The Bertz CT molecular complexity index is 1410. The van der Waals surface area contributed by atoms with Crippen LogP contribution < -0.4 is 10.1 Å². The maximum atomic E-state index is 13.3. The topological polar surface area (TPSA) is 110 Å². The van der Waals surface area contributed by atoms with Crippen molar-refractivity contribution in [1.82, 2.24) is 8.87 Å². The Hall–Kier alpha value is -2.86. The van der Waals surface area contributed by atoms with Crippen LogP contribution in [0, 0.1) is 5.92 Å². The average Bonchev–Trinajstić information content (AvgIpc) is 3.20. The Morgan fingerprint density at radius 1 is 1.19 bits per heavy atom. The number of anilines is 1. The van der Waals surface area contributed by atoms with Gasteiger partial charge in [-0.1, -0.05) is 29.5 Å². The van der Waals surface area contributed by atoms with Gasteiger partial charge in [0.2, 0.25) is 15.9 Å². The van der Waals surface area contributed by atoms with E-state index >= 15 is 0 Å². The molecular formula is C25H30N4O5S2. The van der Waals surface area contributed by atoms with Gasteiger partial charge in [-0.15, -0.1) is 0 Å². The van der Waals surface area contributed by atoms with Gasteiger partial charge < -0.3 is 14.6 Å². The number of nitrogens with one attached hydrogen (secondary N) is 1. The van der Waals surface area contributed by atoms with Gasteiger partial charge in [0, 0.05) is 38.9 Å². The highest BCUT2D eigenvalue weighted by Gasteiger charge is 2.33. The highest BCUT2D eigenvalue weighted by Crippen LogP contribution is 2.25. The molecule has 2 heterocycles. The number of amides is 2. The van der Waals surface area contributed by atoms with Gasteiger partial charge in [0.15, 0.2) is 4.80 Å². The van der Waals surface area contributed by atoms with E-state index in [9.17, 15) is 18.0 Å². The number of piperidine rings is 1. The molecular weight excluding hydrogens is 500 g/mol. The molecule has 0 spiro atoms. The van der Waals surface area contributed by atoms with Crippen LogP contribution in [0.3, 0.4) is 0 Å². The van der Waals surface area contributed by atoms with Crippen LogP contribution in [0.5, 0.6) is 0 Å². The van der Waals surface area contributed by atoms with Gasteiger partial charge in [-0.2, -0.15) is 9.30 Å². The van der Waals surface area contributed by atoms with Crippen molar-refractivity contribution in [1.29, 1.82) is 0 Å². The third kappa shape index (κ3) is 5.92. The lowest BCUT2D eigenvalue weighted by molar-refractivity contribution is -0.123. The molecule has 4 rings (SSSR count). The number of aromatic nitrogens is 1.